The summed E-state index contributed by atoms with van der Waals surface area (Å²) < 4.78 is 0. The molecule has 2 N–H and O–H groups in total. The van der Waals surface area contributed by atoms with Gasteiger partial charge >= 0.3 is 5.97 Å². The number of aliphatic hydroxyl groups is 1. The van der Waals surface area contributed by atoms with Crippen molar-refractivity contribution in [2.24, 2.45) is 11.8 Å². The third-order valence-electron chi connectivity index (χ3n) is 6.35. The smallest absolute Gasteiger partial charge is 0.306 e. The molecule has 3 heteroatoms. The van der Waals surface area contributed by atoms with E-state index in [4.69, 9.17) is 5.11 Å². The average molecular weight is 443 g/mol. The molecular weight excluding hydrogens is 384 g/mol. The van der Waals surface area contributed by atoms with Gasteiger partial charge in [-0.3, -0.25) is 4.79 Å². The first kappa shape index (κ1) is 32.6. The van der Waals surface area contributed by atoms with E-state index in [1.54, 1.807) is 0 Å². The van der Waals surface area contributed by atoms with Gasteiger partial charge in [-0.2, -0.15) is 0 Å². The Kier molecular flexibility index (Phi) is 28.9. The van der Waals surface area contributed by atoms with E-state index in [0.717, 1.165) is 32.1 Å². The largest absolute Gasteiger partial charge is 0.481 e. The molecule has 0 fully saturated rings. The Labute approximate surface area is 195 Å². The molecule has 0 saturated carbocycles. The van der Waals surface area contributed by atoms with Gasteiger partial charge in [-0.1, -0.05) is 130 Å². The molecule has 0 aliphatic carbocycles. The number of hydrogen-bond donors (Lipinski definition) is 2. The molecule has 2 atom stereocenters. The van der Waals surface area contributed by atoms with Gasteiger partial charge in [-0.25, -0.2) is 0 Å². The maximum Gasteiger partial charge on any atom is 0.306 e. The van der Waals surface area contributed by atoms with Gasteiger partial charge in [0.25, 0.3) is 0 Å². The molecule has 31 heavy (non-hydrogen) atoms. The number of carboxylic acids is 1. The summed E-state index contributed by atoms with van der Waals surface area (Å²) in [5.74, 6) is -0.111. The van der Waals surface area contributed by atoms with Crippen LogP contribution < -0.4 is 0 Å². The molecule has 0 radical (unpaired) electrons. The van der Waals surface area contributed by atoms with E-state index in [0.29, 0.717) is 12.5 Å². The van der Waals surface area contributed by atoms with Crippen LogP contribution in [-0.4, -0.2) is 22.8 Å². The van der Waals surface area contributed by atoms with Gasteiger partial charge in [0.2, 0.25) is 0 Å². The van der Waals surface area contributed by atoms with Crippen molar-refractivity contribution >= 4 is 5.97 Å². The summed E-state index contributed by atoms with van der Waals surface area (Å²) in [6, 6.07) is 0. The highest BCUT2D eigenvalue weighted by atomic mass is 16.4. The fraction of sp³-hybridized carbons (Fsp3) is 0.964. The second-order valence-corrected chi connectivity index (χ2v) is 9.48. The molecule has 0 aliphatic heterocycles. The molecule has 0 bridgehead atoms. The van der Waals surface area contributed by atoms with Crippen molar-refractivity contribution in [1.82, 2.24) is 0 Å². The highest BCUT2D eigenvalue weighted by Gasteiger charge is 2.15. The summed E-state index contributed by atoms with van der Waals surface area (Å²) in [6.07, 6.45) is 24.6. The number of aliphatic hydroxyl groups excluding tert-OH is 1. The zero-order valence-electron chi connectivity index (χ0n) is 21.8. The van der Waals surface area contributed by atoms with E-state index in [9.17, 15) is 9.90 Å². The lowest BCUT2D eigenvalue weighted by molar-refractivity contribution is -0.142. The summed E-state index contributed by atoms with van der Waals surface area (Å²) >= 11 is 0. The Morgan fingerprint density at radius 3 is 1.32 bits per heavy atom. The fourth-order valence-electron chi connectivity index (χ4n) is 4.06. The number of unbranched alkanes of at least 4 members (excludes halogenated alkanes) is 12. The van der Waals surface area contributed by atoms with Crippen LogP contribution >= 0.6 is 0 Å². The number of rotatable bonds is 22. The van der Waals surface area contributed by atoms with Gasteiger partial charge in [-0.15, -0.1) is 0 Å². The van der Waals surface area contributed by atoms with Crippen molar-refractivity contribution in [2.75, 3.05) is 6.61 Å². The number of aliphatic carboxylic acids is 1. The Hall–Kier alpha value is -0.570. The molecule has 0 aromatic rings. The summed E-state index contributed by atoms with van der Waals surface area (Å²) in [5.41, 5.74) is 0. The lowest BCUT2D eigenvalue weighted by atomic mass is 9.95. The monoisotopic (exact) mass is 442 g/mol. The van der Waals surface area contributed by atoms with E-state index in [2.05, 4.69) is 27.7 Å². The van der Waals surface area contributed by atoms with Crippen LogP contribution in [0.15, 0.2) is 0 Å². The Balaban J connectivity index is 0. The zero-order chi connectivity index (χ0) is 23.6. The Morgan fingerprint density at radius 2 is 0.903 bits per heavy atom. The predicted octanol–water partition coefficient (Wildman–Crippen LogP) is 9.16. The van der Waals surface area contributed by atoms with Crippen LogP contribution in [0.2, 0.25) is 0 Å². The van der Waals surface area contributed by atoms with Crippen LogP contribution in [0.5, 0.6) is 0 Å². The molecule has 0 aromatic heterocycles. The molecule has 0 aliphatic rings. The maximum atomic E-state index is 10.9. The van der Waals surface area contributed by atoms with Crippen LogP contribution in [0.3, 0.4) is 0 Å². The molecule has 0 rings (SSSR count). The van der Waals surface area contributed by atoms with Crippen molar-refractivity contribution in [2.45, 2.75) is 156 Å². The van der Waals surface area contributed by atoms with Gasteiger partial charge in [0, 0.05) is 6.61 Å². The van der Waals surface area contributed by atoms with E-state index in [1.165, 1.54) is 96.3 Å². The maximum absolute atomic E-state index is 10.9. The number of carbonyl (C=O) groups is 1. The summed E-state index contributed by atoms with van der Waals surface area (Å²) in [7, 11) is 0. The van der Waals surface area contributed by atoms with Gasteiger partial charge in [-0.05, 0) is 31.6 Å². The van der Waals surface area contributed by atoms with E-state index >= 15 is 0 Å². The number of carboxylic acid groups (broad SMARTS) is 1. The SMILES string of the molecule is CCCCCCC(CCCC)C(=O)O.CCCCCCCCC(CO)CCCCCC. The standard InChI is InChI=1S/C16H34O.C12H24O2/c1-3-5-7-9-10-12-14-16(15-17)13-11-8-6-4-2;1-3-5-7-8-10-11(12(13)14)9-6-4-2/h16-17H,3-15H2,1-2H3;11H,3-10H2,1-2H3,(H,13,14). The zero-order valence-corrected chi connectivity index (χ0v) is 21.8. The molecule has 188 valence electrons. The van der Waals surface area contributed by atoms with Crippen molar-refractivity contribution < 1.29 is 15.0 Å². The van der Waals surface area contributed by atoms with Gasteiger partial charge < -0.3 is 10.2 Å². The molecule has 0 aromatic carbocycles. The van der Waals surface area contributed by atoms with Crippen LogP contribution in [-0.2, 0) is 4.79 Å². The Morgan fingerprint density at radius 1 is 0.548 bits per heavy atom. The van der Waals surface area contributed by atoms with Crippen LogP contribution in [0.25, 0.3) is 0 Å². The Bertz CT molecular complexity index is 343. The van der Waals surface area contributed by atoms with E-state index in [-0.39, 0.29) is 5.92 Å². The normalized spacial score (nSPS) is 12.8. The van der Waals surface area contributed by atoms with Gasteiger partial charge in [0.1, 0.15) is 0 Å². The van der Waals surface area contributed by atoms with Crippen molar-refractivity contribution in [3.63, 3.8) is 0 Å². The van der Waals surface area contributed by atoms with Crippen LogP contribution in [0, 0.1) is 11.8 Å². The lowest BCUT2D eigenvalue weighted by Crippen LogP contribution is -2.13. The summed E-state index contributed by atoms with van der Waals surface area (Å²) in [6.45, 7) is 9.20. The van der Waals surface area contributed by atoms with Crippen LogP contribution in [0.1, 0.15) is 156 Å². The molecule has 0 heterocycles. The third-order valence-corrected chi connectivity index (χ3v) is 6.35. The lowest BCUT2D eigenvalue weighted by Gasteiger charge is -2.13. The van der Waals surface area contributed by atoms with E-state index in [1.807, 2.05) is 0 Å². The minimum Gasteiger partial charge on any atom is -0.481 e. The minimum absolute atomic E-state index is 0.0909. The molecule has 3 nitrogen and oxygen atoms in total. The fourth-order valence-corrected chi connectivity index (χ4v) is 4.06. The average Bonchev–Trinajstić information content (AvgIpc) is 2.77. The summed E-state index contributed by atoms with van der Waals surface area (Å²) in [4.78, 5) is 10.9. The highest BCUT2D eigenvalue weighted by molar-refractivity contribution is 5.69. The summed E-state index contributed by atoms with van der Waals surface area (Å²) in [5, 5.41) is 18.3. The van der Waals surface area contributed by atoms with Gasteiger partial charge in [0.05, 0.1) is 5.92 Å². The third kappa shape index (κ3) is 25.6. The van der Waals surface area contributed by atoms with Crippen molar-refractivity contribution in [3.05, 3.63) is 0 Å². The topological polar surface area (TPSA) is 57.5 Å². The second-order valence-electron chi connectivity index (χ2n) is 9.48. The molecule has 2 unspecified atom stereocenters. The van der Waals surface area contributed by atoms with E-state index < -0.39 is 5.97 Å². The van der Waals surface area contributed by atoms with Crippen LogP contribution in [0.4, 0.5) is 0 Å². The van der Waals surface area contributed by atoms with Crippen molar-refractivity contribution in [3.8, 4) is 0 Å². The molecular formula is C28H58O3. The number of hydrogen-bond acceptors (Lipinski definition) is 2. The first-order valence-corrected chi connectivity index (χ1v) is 13.9. The molecule has 0 saturated heterocycles. The first-order chi connectivity index (χ1) is 15.1. The molecule has 0 amide bonds. The van der Waals surface area contributed by atoms with Gasteiger partial charge in [0.15, 0.2) is 0 Å². The molecule has 0 spiro atoms. The quantitative estimate of drug-likeness (QED) is 0.164. The second kappa shape index (κ2) is 27.5. The predicted molar refractivity (Wildman–Crippen MR) is 137 cm³/mol. The highest BCUT2D eigenvalue weighted by Crippen LogP contribution is 2.19. The minimum atomic E-state index is -0.602. The van der Waals surface area contributed by atoms with Crippen molar-refractivity contribution in [1.29, 1.82) is 0 Å². The first-order valence-electron chi connectivity index (χ1n) is 13.9.